The van der Waals surface area contributed by atoms with Crippen molar-refractivity contribution in [1.82, 2.24) is 14.8 Å². The topological polar surface area (TPSA) is 200 Å². The van der Waals surface area contributed by atoms with E-state index in [0.29, 0.717) is 38.2 Å². The Balaban J connectivity index is 0.000000985. The van der Waals surface area contributed by atoms with Crippen molar-refractivity contribution >= 4 is 37.8 Å². The molecule has 4 aliphatic rings. The highest BCUT2D eigenvalue weighted by Crippen LogP contribution is 2.57. The molecule has 1 spiro atoms. The maximum absolute atomic E-state index is 14.4. The Morgan fingerprint density at radius 2 is 1.71 bits per heavy atom. The summed E-state index contributed by atoms with van der Waals surface area (Å²) >= 11 is 0. The number of phosphoric acid groups is 1. The summed E-state index contributed by atoms with van der Waals surface area (Å²) in [4.78, 5) is 72.3. The number of carbonyl (C=O) groups excluding carboxylic acids is 4. The maximum Gasteiger partial charge on any atom is 0.475 e. The highest BCUT2D eigenvalue weighted by Gasteiger charge is 2.54. The third-order valence-electron chi connectivity index (χ3n) is 10.4. The number of benzene rings is 1. The Morgan fingerprint density at radius 1 is 1.05 bits per heavy atom. The van der Waals surface area contributed by atoms with Crippen LogP contribution in [0, 0.1) is 23.5 Å². The van der Waals surface area contributed by atoms with Crippen LogP contribution in [0.15, 0.2) is 34.3 Å². The average molecular weight is 909 g/mol. The third kappa shape index (κ3) is 12.5. The van der Waals surface area contributed by atoms with E-state index < -0.39 is 89.5 Å². The molecule has 2 amide bonds. The Bertz CT molecular complexity index is 2190. The summed E-state index contributed by atoms with van der Waals surface area (Å²) in [6.45, 7) is 18.8. The molecule has 17 nitrogen and oxygen atoms in total. The number of phosphoric ester groups is 1. The number of amides is 2. The van der Waals surface area contributed by atoms with Crippen LogP contribution in [0.3, 0.4) is 0 Å². The molecule has 1 N–H and O–H groups in total. The molecule has 2 fully saturated rings. The van der Waals surface area contributed by atoms with E-state index in [1.807, 2.05) is 34.6 Å². The summed E-state index contributed by atoms with van der Waals surface area (Å²) in [7, 11) is -4.02. The Hall–Kier alpha value is -4.71. The summed E-state index contributed by atoms with van der Waals surface area (Å²) in [6, 6.07) is 2.03. The lowest BCUT2D eigenvalue weighted by Crippen LogP contribution is -2.52. The van der Waals surface area contributed by atoms with Gasteiger partial charge in [0, 0.05) is 43.4 Å². The Kier molecular flexibility index (Phi) is 14.7. The number of halogens is 2. The molecule has 0 radical (unpaired) electrons. The van der Waals surface area contributed by atoms with Gasteiger partial charge in [-0.05, 0) is 107 Å². The number of nitrogens with one attached hydrogen (secondary N) is 1. The van der Waals surface area contributed by atoms with Gasteiger partial charge in [-0.2, -0.15) is 0 Å². The van der Waals surface area contributed by atoms with Crippen molar-refractivity contribution in [3.8, 4) is 5.75 Å². The molecular weight excluding hydrogens is 849 g/mol. The SMILES string of the molecule is CC(C)(C)OC=O.CC1=NOC2(CCC(C)N3CC2n2cc(C(=O)NCc4ccc(F)cc4F)c(=O)c(OCOC(=O)C4CC4COP(=O)(OC(C)(C)C)OC(C)(C)C)c2C3=O)C1. The molecule has 4 heterocycles. The second kappa shape index (κ2) is 18.8. The van der Waals surface area contributed by atoms with Gasteiger partial charge in [-0.25, -0.2) is 13.3 Å². The third-order valence-corrected chi connectivity index (χ3v) is 12.4. The van der Waals surface area contributed by atoms with E-state index in [2.05, 4.69) is 15.2 Å². The zero-order chi connectivity index (χ0) is 46.9. The smallest absolute Gasteiger partial charge is 0.462 e. The van der Waals surface area contributed by atoms with E-state index in [4.69, 9.17) is 27.9 Å². The number of aromatic nitrogens is 1. The van der Waals surface area contributed by atoms with Crippen LogP contribution < -0.4 is 15.5 Å². The number of esters is 1. The number of oxime groups is 1. The van der Waals surface area contributed by atoms with E-state index in [-0.39, 0.29) is 48.5 Å². The van der Waals surface area contributed by atoms with Crippen LogP contribution in [0.2, 0.25) is 0 Å². The molecule has 1 aromatic carbocycles. The average Bonchev–Trinajstić information content (AvgIpc) is 3.86. The van der Waals surface area contributed by atoms with Crippen molar-refractivity contribution < 1.29 is 65.1 Å². The fourth-order valence-corrected chi connectivity index (χ4v) is 9.25. The van der Waals surface area contributed by atoms with E-state index in [1.54, 1.807) is 46.4 Å². The zero-order valence-electron chi connectivity index (χ0n) is 37.7. The van der Waals surface area contributed by atoms with Gasteiger partial charge in [-0.1, -0.05) is 11.2 Å². The zero-order valence-corrected chi connectivity index (χ0v) is 38.6. The van der Waals surface area contributed by atoms with Crippen LogP contribution >= 0.6 is 7.82 Å². The van der Waals surface area contributed by atoms with E-state index in [1.165, 1.54) is 16.8 Å². The van der Waals surface area contributed by atoms with Crippen LogP contribution in [0.1, 0.15) is 134 Å². The summed E-state index contributed by atoms with van der Waals surface area (Å²) in [5.41, 5.74) is -3.75. The highest BCUT2D eigenvalue weighted by molar-refractivity contribution is 7.48. The van der Waals surface area contributed by atoms with Gasteiger partial charge in [0.2, 0.25) is 18.0 Å². The lowest BCUT2D eigenvalue weighted by Gasteiger charge is -2.42. The van der Waals surface area contributed by atoms with Gasteiger partial charge in [0.05, 0.1) is 35.5 Å². The summed E-state index contributed by atoms with van der Waals surface area (Å²) in [5.74, 6) is -5.34. The maximum atomic E-state index is 14.4. The number of ether oxygens (including phenoxy) is 3. The lowest BCUT2D eigenvalue weighted by atomic mass is 9.84. The summed E-state index contributed by atoms with van der Waals surface area (Å²) < 4.78 is 75.6. The standard InChI is InChI=1S/C38H49F2N4O11P.C5H10O2/c1-21-15-38(53-42-21)12-11-22(2)43-18-29(38)44-17-27(33(46)41-16-23-9-10-25(39)14-28(23)40)31(45)32(30(44)34(43)47)50-20-51-35(48)26-13-24(26)19-52-56(49,54-36(3,4)5)55-37(6,7)8;1-5(2,3)7-4-6/h9-10,14,17,22,24,26,29H,11-13,15-16,18-20H2,1-8H3,(H,41,46);4H,1-3H3. The number of rotatable bonds is 13. The van der Waals surface area contributed by atoms with Gasteiger partial charge < -0.3 is 33.8 Å². The molecule has 1 saturated carbocycles. The van der Waals surface area contributed by atoms with Gasteiger partial charge in [-0.15, -0.1) is 0 Å². The van der Waals surface area contributed by atoms with Crippen LogP contribution in [0.5, 0.6) is 5.75 Å². The predicted octanol–water partition coefficient (Wildman–Crippen LogP) is 7.00. The van der Waals surface area contributed by atoms with E-state index >= 15 is 0 Å². The van der Waals surface area contributed by atoms with Crippen molar-refractivity contribution in [1.29, 1.82) is 0 Å². The van der Waals surface area contributed by atoms with Crippen molar-refractivity contribution in [3.63, 3.8) is 0 Å². The molecule has 6 rings (SSSR count). The van der Waals surface area contributed by atoms with Gasteiger partial charge in [0.25, 0.3) is 18.3 Å². The molecule has 1 saturated heterocycles. The first kappa shape index (κ1) is 49.3. The largest absolute Gasteiger partial charge is 0.475 e. The van der Waals surface area contributed by atoms with Crippen molar-refractivity contribution in [2.75, 3.05) is 19.9 Å². The van der Waals surface area contributed by atoms with Crippen LogP contribution in [0.25, 0.3) is 0 Å². The van der Waals surface area contributed by atoms with Crippen LogP contribution in [0.4, 0.5) is 8.78 Å². The first-order chi connectivity index (χ1) is 29.1. The van der Waals surface area contributed by atoms with Crippen molar-refractivity contribution in [2.24, 2.45) is 17.0 Å². The second-order valence-electron chi connectivity index (χ2n) is 19.2. The number of hydrogen-bond acceptors (Lipinski definition) is 14. The summed E-state index contributed by atoms with van der Waals surface area (Å²) in [6.07, 6.45) is 3.13. The fraction of sp³-hybridized carbons (Fsp3) is 0.628. The number of nitrogens with zero attached hydrogens (tertiary/aromatic N) is 3. The van der Waals surface area contributed by atoms with Gasteiger partial charge >= 0.3 is 13.8 Å². The van der Waals surface area contributed by atoms with Gasteiger partial charge in [-0.3, -0.25) is 37.5 Å². The number of carbonyl (C=O) groups is 4. The minimum Gasteiger partial charge on any atom is -0.462 e. The minimum atomic E-state index is -4.02. The van der Waals surface area contributed by atoms with E-state index in [9.17, 15) is 37.3 Å². The molecule has 5 unspecified atom stereocenters. The van der Waals surface area contributed by atoms with E-state index in [0.717, 1.165) is 11.8 Å². The van der Waals surface area contributed by atoms with Crippen LogP contribution in [-0.2, 0) is 48.6 Å². The van der Waals surface area contributed by atoms with Crippen molar-refractivity contribution in [3.05, 3.63) is 63.1 Å². The molecule has 1 aliphatic carbocycles. The molecule has 2 bridgehead atoms. The molecule has 63 heavy (non-hydrogen) atoms. The number of pyridine rings is 1. The van der Waals surface area contributed by atoms with Gasteiger partial charge in [0.1, 0.15) is 22.8 Å². The number of hydrogen-bond donors (Lipinski definition) is 1. The van der Waals surface area contributed by atoms with Crippen molar-refractivity contribution in [2.45, 2.75) is 143 Å². The highest BCUT2D eigenvalue weighted by atomic mass is 31.2. The minimum absolute atomic E-state index is 0.0224. The quantitative estimate of drug-likeness (QED) is 0.0934. The van der Waals surface area contributed by atoms with Gasteiger partial charge in [0.15, 0.2) is 11.3 Å². The van der Waals surface area contributed by atoms with Crippen LogP contribution in [-0.4, -0.2) is 87.8 Å². The molecule has 1 aromatic heterocycles. The summed E-state index contributed by atoms with van der Waals surface area (Å²) in [5, 5.41) is 6.72. The number of fused-ring (bicyclic) bond motifs is 5. The lowest BCUT2D eigenvalue weighted by molar-refractivity contribution is -0.152. The normalized spacial score (nSPS) is 23.0. The Morgan fingerprint density at radius 3 is 2.27 bits per heavy atom. The second-order valence-corrected chi connectivity index (χ2v) is 20.7. The molecular formula is C43H59F2N4O13P. The molecule has 20 heteroatoms. The first-order valence-electron chi connectivity index (χ1n) is 20.8. The molecule has 5 atom stereocenters. The molecule has 2 aromatic rings. The molecule has 3 aliphatic heterocycles. The first-order valence-corrected chi connectivity index (χ1v) is 22.2. The Labute approximate surface area is 365 Å². The molecule has 348 valence electrons. The predicted molar refractivity (Wildman–Crippen MR) is 224 cm³/mol. The fourth-order valence-electron chi connectivity index (χ4n) is 7.39. The monoisotopic (exact) mass is 908 g/mol.